The quantitative estimate of drug-likeness (QED) is 0.795. The minimum atomic E-state index is -0.432. The van der Waals surface area contributed by atoms with Gasteiger partial charge in [-0.05, 0) is 46.3 Å². The zero-order chi connectivity index (χ0) is 13.8. The molecule has 0 amide bonds. The summed E-state index contributed by atoms with van der Waals surface area (Å²) in [5.74, 6) is 0.0579. The zero-order valence-electron chi connectivity index (χ0n) is 10.0. The van der Waals surface area contributed by atoms with Gasteiger partial charge in [0.2, 0.25) is 0 Å². The van der Waals surface area contributed by atoms with Crippen LogP contribution in [0.25, 0.3) is 0 Å². The van der Waals surface area contributed by atoms with Crippen LogP contribution in [0.3, 0.4) is 0 Å². The minimum absolute atomic E-state index is 0.375. The lowest BCUT2D eigenvalue weighted by molar-refractivity contribution is 0.0600. The normalized spacial score (nSPS) is 10.1. The van der Waals surface area contributed by atoms with E-state index in [1.807, 2.05) is 0 Å². The van der Waals surface area contributed by atoms with E-state index in [4.69, 9.17) is 4.74 Å². The molecule has 19 heavy (non-hydrogen) atoms. The predicted octanol–water partition coefficient (Wildman–Crippen LogP) is 4.17. The Morgan fingerprint density at radius 1 is 1.21 bits per heavy atom. The molecule has 0 unspecified atom stereocenters. The molecule has 0 aromatic heterocycles. The molecule has 0 bridgehead atoms. The van der Waals surface area contributed by atoms with Gasteiger partial charge in [-0.3, -0.25) is 0 Å². The number of hydrogen-bond acceptors (Lipinski definition) is 3. The topological polar surface area (TPSA) is 35.5 Å². The Hall–Kier alpha value is -1.88. The molecular formula is C14H10BrFO3. The lowest BCUT2D eigenvalue weighted by atomic mass is 10.2. The smallest absolute Gasteiger partial charge is 0.337 e. The van der Waals surface area contributed by atoms with Crippen LogP contribution in [0.1, 0.15) is 10.4 Å². The van der Waals surface area contributed by atoms with E-state index in [-0.39, 0.29) is 5.82 Å². The monoisotopic (exact) mass is 324 g/mol. The fourth-order valence-electron chi connectivity index (χ4n) is 1.49. The van der Waals surface area contributed by atoms with Crippen molar-refractivity contribution in [1.29, 1.82) is 0 Å². The molecule has 0 saturated heterocycles. The maximum absolute atomic E-state index is 13.0. The largest absolute Gasteiger partial charge is 0.465 e. The number of rotatable bonds is 3. The maximum atomic E-state index is 13.0. The number of methoxy groups -OCH3 is 1. The molecule has 5 heteroatoms. The van der Waals surface area contributed by atoms with E-state index in [0.717, 1.165) is 0 Å². The third-order valence-corrected chi connectivity index (χ3v) is 3.00. The summed E-state index contributed by atoms with van der Waals surface area (Å²) in [7, 11) is 1.31. The van der Waals surface area contributed by atoms with Crippen LogP contribution in [0.5, 0.6) is 11.5 Å². The summed E-state index contributed by atoms with van der Waals surface area (Å²) < 4.78 is 23.8. The summed E-state index contributed by atoms with van der Waals surface area (Å²) >= 11 is 3.29. The van der Waals surface area contributed by atoms with Crippen molar-refractivity contribution >= 4 is 21.9 Å². The maximum Gasteiger partial charge on any atom is 0.337 e. The van der Waals surface area contributed by atoms with Crippen LogP contribution in [-0.4, -0.2) is 13.1 Å². The average Bonchev–Trinajstić information content (AvgIpc) is 2.40. The van der Waals surface area contributed by atoms with Crippen LogP contribution in [0, 0.1) is 5.82 Å². The summed E-state index contributed by atoms with van der Waals surface area (Å²) in [5, 5.41) is 0. The summed E-state index contributed by atoms with van der Waals surface area (Å²) in [4.78, 5) is 11.3. The molecule has 0 aliphatic rings. The predicted molar refractivity (Wildman–Crippen MR) is 72.0 cm³/mol. The molecule has 2 aromatic carbocycles. The second-order valence-corrected chi connectivity index (χ2v) is 4.55. The van der Waals surface area contributed by atoms with Gasteiger partial charge < -0.3 is 9.47 Å². The van der Waals surface area contributed by atoms with Crippen molar-refractivity contribution in [3.05, 3.63) is 58.3 Å². The molecule has 0 N–H and O–H groups in total. The molecule has 0 aliphatic carbocycles. The number of benzene rings is 2. The van der Waals surface area contributed by atoms with Crippen molar-refractivity contribution in [3.8, 4) is 11.5 Å². The van der Waals surface area contributed by atoms with E-state index in [9.17, 15) is 9.18 Å². The molecule has 2 rings (SSSR count). The number of hydrogen-bond donors (Lipinski definition) is 0. The molecule has 0 atom stereocenters. The van der Waals surface area contributed by atoms with Crippen molar-refractivity contribution in [2.45, 2.75) is 0 Å². The summed E-state index contributed by atoms with van der Waals surface area (Å²) in [6.07, 6.45) is 0. The molecular weight excluding hydrogens is 315 g/mol. The molecule has 0 aliphatic heterocycles. The first-order valence-electron chi connectivity index (χ1n) is 5.41. The lowest BCUT2D eigenvalue weighted by Crippen LogP contribution is -2.01. The van der Waals surface area contributed by atoms with Crippen LogP contribution >= 0.6 is 15.9 Å². The van der Waals surface area contributed by atoms with E-state index in [1.54, 1.807) is 30.3 Å². The van der Waals surface area contributed by atoms with Crippen LogP contribution in [0.4, 0.5) is 4.39 Å². The summed E-state index contributed by atoms with van der Waals surface area (Å²) in [6, 6.07) is 10.6. The van der Waals surface area contributed by atoms with Crippen molar-refractivity contribution in [2.75, 3.05) is 7.11 Å². The van der Waals surface area contributed by atoms with Gasteiger partial charge in [-0.1, -0.05) is 6.07 Å². The SMILES string of the molecule is COC(=O)c1ccc(Oc2cccc(F)c2)c(Br)c1. The zero-order valence-corrected chi connectivity index (χ0v) is 11.6. The van der Waals surface area contributed by atoms with E-state index < -0.39 is 5.97 Å². The number of carbonyl (C=O) groups is 1. The Balaban J connectivity index is 2.24. The van der Waals surface area contributed by atoms with E-state index >= 15 is 0 Å². The lowest BCUT2D eigenvalue weighted by Gasteiger charge is -2.08. The first-order chi connectivity index (χ1) is 9.10. The third kappa shape index (κ3) is 3.32. The molecule has 0 heterocycles. The van der Waals surface area contributed by atoms with Crippen LogP contribution in [-0.2, 0) is 4.74 Å². The molecule has 3 nitrogen and oxygen atoms in total. The molecule has 0 radical (unpaired) electrons. The van der Waals surface area contributed by atoms with Gasteiger partial charge in [-0.25, -0.2) is 9.18 Å². The highest BCUT2D eigenvalue weighted by Crippen LogP contribution is 2.30. The highest BCUT2D eigenvalue weighted by atomic mass is 79.9. The first kappa shape index (κ1) is 13.5. The minimum Gasteiger partial charge on any atom is -0.465 e. The molecule has 0 spiro atoms. The van der Waals surface area contributed by atoms with Crippen LogP contribution in [0.2, 0.25) is 0 Å². The van der Waals surface area contributed by atoms with Gasteiger partial charge >= 0.3 is 5.97 Å². The Kier molecular flexibility index (Phi) is 4.16. The summed E-state index contributed by atoms with van der Waals surface area (Å²) in [6.45, 7) is 0. The molecule has 98 valence electrons. The number of halogens is 2. The van der Waals surface area contributed by atoms with Gasteiger partial charge in [-0.2, -0.15) is 0 Å². The van der Waals surface area contributed by atoms with Gasteiger partial charge in [0, 0.05) is 6.07 Å². The Morgan fingerprint density at radius 2 is 2.00 bits per heavy atom. The molecule has 2 aromatic rings. The number of ether oxygens (including phenoxy) is 2. The van der Waals surface area contributed by atoms with E-state index in [1.165, 1.54) is 19.2 Å². The molecule has 0 saturated carbocycles. The standard InChI is InChI=1S/C14H10BrFO3/c1-18-14(17)9-5-6-13(12(15)7-9)19-11-4-2-3-10(16)8-11/h2-8H,1H3. The first-order valence-corrected chi connectivity index (χ1v) is 6.21. The van der Waals surface area contributed by atoms with Crippen molar-refractivity contribution < 1.29 is 18.7 Å². The second kappa shape index (κ2) is 5.84. The Bertz CT molecular complexity index is 613. The van der Waals surface area contributed by atoms with Crippen LogP contribution < -0.4 is 4.74 Å². The van der Waals surface area contributed by atoms with Crippen LogP contribution in [0.15, 0.2) is 46.9 Å². The van der Waals surface area contributed by atoms with E-state index in [0.29, 0.717) is 21.5 Å². The number of carbonyl (C=O) groups excluding carboxylic acids is 1. The van der Waals surface area contributed by atoms with Gasteiger partial charge in [-0.15, -0.1) is 0 Å². The van der Waals surface area contributed by atoms with Gasteiger partial charge in [0.1, 0.15) is 17.3 Å². The van der Waals surface area contributed by atoms with Gasteiger partial charge in [0.05, 0.1) is 17.1 Å². The number of esters is 1. The van der Waals surface area contributed by atoms with Gasteiger partial charge in [0.15, 0.2) is 0 Å². The summed E-state index contributed by atoms with van der Waals surface area (Å²) in [5.41, 5.74) is 0.404. The second-order valence-electron chi connectivity index (χ2n) is 3.70. The fourth-order valence-corrected chi connectivity index (χ4v) is 1.95. The average molecular weight is 325 g/mol. The molecule has 0 fully saturated rings. The van der Waals surface area contributed by atoms with Gasteiger partial charge in [0.25, 0.3) is 0 Å². The highest BCUT2D eigenvalue weighted by Gasteiger charge is 2.10. The fraction of sp³-hybridized carbons (Fsp3) is 0.0714. The van der Waals surface area contributed by atoms with Crippen molar-refractivity contribution in [2.24, 2.45) is 0 Å². The Morgan fingerprint density at radius 3 is 2.63 bits per heavy atom. The Labute approximate surface area is 118 Å². The van der Waals surface area contributed by atoms with Crippen molar-refractivity contribution in [3.63, 3.8) is 0 Å². The highest BCUT2D eigenvalue weighted by molar-refractivity contribution is 9.10. The third-order valence-electron chi connectivity index (χ3n) is 2.38. The van der Waals surface area contributed by atoms with Crippen molar-refractivity contribution in [1.82, 2.24) is 0 Å². The van der Waals surface area contributed by atoms with E-state index in [2.05, 4.69) is 20.7 Å².